The largest absolute Gasteiger partial charge is 0.416 e. The molecule has 2 aromatic carbocycles. The van der Waals surface area contributed by atoms with Crippen molar-refractivity contribution < 1.29 is 21.6 Å². The predicted octanol–water partition coefficient (Wildman–Crippen LogP) is 4.06. The van der Waals surface area contributed by atoms with Crippen molar-refractivity contribution in [3.63, 3.8) is 0 Å². The van der Waals surface area contributed by atoms with Crippen LogP contribution in [0.1, 0.15) is 11.1 Å². The fourth-order valence-electron chi connectivity index (χ4n) is 3.32. The molecule has 0 bridgehead atoms. The van der Waals surface area contributed by atoms with Gasteiger partial charge in [0.05, 0.1) is 23.0 Å². The Labute approximate surface area is 197 Å². The summed E-state index contributed by atoms with van der Waals surface area (Å²) in [5.41, 5.74) is -0.0868. The average Bonchev–Trinajstić information content (AvgIpc) is 2.77. The number of fused-ring (bicyclic) bond motifs is 1. The number of para-hydroxylation sites is 1. The van der Waals surface area contributed by atoms with Gasteiger partial charge in [0.2, 0.25) is 16.0 Å². The minimum absolute atomic E-state index is 0.00113. The van der Waals surface area contributed by atoms with Gasteiger partial charge in [-0.25, -0.2) is 13.4 Å². The number of H-pyrrole nitrogens is 1. The van der Waals surface area contributed by atoms with Gasteiger partial charge in [0.1, 0.15) is 11.2 Å². The van der Waals surface area contributed by atoms with E-state index >= 15 is 0 Å². The summed E-state index contributed by atoms with van der Waals surface area (Å²) in [5, 5.41) is 5.81. The molecule has 2 aromatic heterocycles. The van der Waals surface area contributed by atoms with E-state index in [0.717, 1.165) is 18.4 Å². The topological polar surface area (TPSA) is 129 Å². The molecule has 0 saturated carbocycles. The minimum Gasteiger partial charge on any atom is -0.350 e. The van der Waals surface area contributed by atoms with E-state index in [0.29, 0.717) is 11.3 Å². The highest BCUT2D eigenvalue weighted by molar-refractivity contribution is 7.92. The SMILES string of the molecule is CS(=O)(=O)Nc1ccccc1CNc1nc(Nc2cccc(C(F)(F)F)c2)c2c(=O)[nH]ccc2n1. The van der Waals surface area contributed by atoms with Crippen molar-refractivity contribution in [2.75, 3.05) is 21.6 Å². The summed E-state index contributed by atoms with van der Waals surface area (Å²) in [6, 6.07) is 12.7. The summed E-state index contributed by atoms with van der Waals surface area (Å²) in [6.07, 6.45) is -2.11. The van der Waals surface area contributed by atoms with Crippen LogP contribution in [-0.2, 0) is 22.7 Å². The number of anilines is 4. The zero-order valence-electron chi connectivity index (χ0n) is 18.1. The Balaban J connectivity index is 1.69. The van der Waals surface area contributed by atoms with Crippen LogP contribution in [0.3, 0.4) is 0 Å². The molecule has 182 valence electrons. The van der Waals surface area contributed by atoms with Gasteiger partial charge >= 0.3 is 6.18 Å². The van der Waals surface area contributed by atoms with E-state index in [9.17, 15) is 26.4 Å². The van der Waals surface area contributed by atoms with Crippen LogP contribution in [0.25, 0.3) is 10.9 Å². The second kappa shape index (κ2) is 9.25. The summed E-state index contributed by atoms with van der Waals surface area (Å²) < 4.78 is 65.1. The molecule has 0 fully saturated rings. The van der Waals surface area contributed by atoms with Gasteiger partial charge in [-0.3, -0.25) is 9.52 Å². The van der Waals surface area contributed by atoms with E-state index in [1.54, 1.807) is 24.3 Å². The Morgan fingerprint density at radius 1 is 1.03 bits per heavy atom. The predicted molar refractivity (Wildman–Crippen MR) is 127 cm³/mol. The number of sulfonamides is 1. The molecule has 35 heavy (non-hydrogen) atoms. The van der Waals surface area contributed by atoms with E-state index in [1.165, 1.54) is 24.4 Å². The van der Waals surface area contributed by atoms with Crippen molar-refractivity contribution in [2.45, 2.75) is 12.7 Å². The number of aromatic nitrogens is 3. The number of hydrogen-bond acceptors (Lipinski definition) is 7. The number of aromatic amines is 1. The number of halogens is 3. The lowest BCUT2D eigenvalue weighted by Gasteiger charge is -2.14. The molecule has 0 aliphatic carbocycles. The number of benzene rings is 2. The molecule has 0 spiro atoms. The number of pyridine rings is 1. The second-order valence-corrected chi connectivity index (χ2v) is 9.30. The summed E-state index contributed by atoms with van der Waals surface area (Å²) in [5.74, 6) is 0.0768. The molecule has 13 heteroatoms. The molecule has 0 radical (unpaired) electrons. The van der Waals surface area contributed by atoms with E-state index in [2.05, 4.69) is 30.3 Å². The van der Waals surface area contributed by atoms with E-state index in [-0.39, 0.29) is 34.9 Å². The van der Waals surface area contributed by atoms with Crippen molar-refractivity contribution in [3.05, 3.63) is 82.3 Å². The lowest BCUT2D eigenvalue weighted by Crippen LogP contribution is -2.14. The van der Waals surface area contributed by atoms with Crippen LogP contribution in [0.15, 0.2) is 65.6 Å². The third-order valence-corrected chi connectivity index (χ3v) is 5.41. The molecule has 0 aliphatic rings. The third kappa shape index (κ3) is 5.87. The Kier molecular flexibility index (Phi) is 6.35. The highest BCUT2D eigenvalue weighted by Crippen LogP contribution is 2.32. The number of nitrogens with one attached hydrogen (secondary N) is 4. The van der Waals surface area contributed by atoms with Crippen molar-refractivity contribution >= 4 is 44.1 Å². The lowest BCUT2D eigenvalue weighted by molar-refractivity contribution is -0.137. The van der Waals surface area contributed by atoms with Crippen LogP contribution in [-0.4, -0.2) is 29.6 Å². The Hall–Kier alpha value is -4.13. The quantitative estimate of drug-likeness (QED) is 0.299. The van der Waals surface area contributed by atoms with Crippen LogP contribution in [0.5, 0.6) is 0 Å². The molecule has 0 amide bonds. The first-order chi connectivity index (χ1) is 16.5. The molecule has 0 atom stereocenters. The van der Waals surface area contributed by atoms with E-state index in [1.807, 2.05) is 0 Å². The van der Waals surface area contributed by atoms with E-state index in [4.69, 9.17) is 0 Å². The highest BCUT2D eigenvalue weighted by atomic mass is 32.2. The minimum atomic E-state index is -4.54. The van der Waals surface area contributed by atoms with Crippen molar-refractivity contribution in [2.24, 2.45) is 0 Å². The van der Waals surface area contributed by atoms with E-state index < -0.39 is 27.3 Å². The summed E-state index contributed by atoms with van der Waals surface area (Å²) in [4.78, 5) is 23.6. The highest BCUT2D eigenvalue weighted by Gasteiger charge is 2.30. The Bertz CT molecular complexity index is 1550. The summed E-state index contributed by atoms with van der Waals surface area (Å²) >= 11 is 0. The maximum Gasteiger partial charge on any atom is 0.416 e. The van der Waals surface area contributed by atoms with Gasteiger partial charge in [-0.05, 0) is 35.9 Å². The van der Waals surface area contributed by atoms with Crippen molar-refractivity contribution in [3.8, 4) is 0 Å². The molecule has 0 unspecified atom stereocenters. The molecule has 4 rings (SSSR count). The van der Waals surface area contributed by atoms with Gasteiger partial charge in [0, 0.05) is 18.4 Å². The molecule has 0 aliphatic heterocycles. The standard InChI is InChI=1S/C22H19F3N6O3S/c1-35(33,34)31-16-8-3-2-5-13(16)12-27-21-29-17-9-10-26-20(32)18(17)19(30-21)28-15-7-4-6-14(11-15)22(23,24)25/h2-11,31H,12H2,1H3,(H,26,32)(H2,27,28,29,30). The van der Waals surface area contributed by atoms with Crippen LogP contribution in [0.4, 0.5) is 36.3 Å². The van der Waals surface area contributed by atoms with Gasteiger partial charge in [-0.1, -0.05) is 24.3 Å². The Morgan fingerprint density at radius 3 is 2.54 bits per heavy atom. The smallest absolute Gasteiger partial charge is 0.350 e. The fraction of sp³-hybridized carbons (Fsp3) is 0.136. The van der Waals surface area contributed by atoms with Crippen LogP contribution in [0.2, 0.25) is 0 Å². The normalized spacial score (nSPS) is 11.9. The first-order valence-corrected chi connectivity index (χ1v) is 12.0. The molecule has 4 N–H and O–H groups in total. The first kappa shape index (κ1) is 24.0. The van der Waals surface area contributed by atoms with Crippen molar-refractivity contribution in [1.82, 2.24) is 15.0 Å². The first-order valence-electron chi connectivity index (χ1n) is 10.1. The number of alkyl halides is 3. The lowest BCUT2D eigenvalue weighted by atomic mass is 10.2. The fourth-order valence-corrected chi connectivity index (χ4v) is 3.92. The van der Waals surface area contributed by atoms with Gasteiger partial charge in [0.15, 0.2) is 0 Å². The zero-order valence-corrected chi connectivity index (χ0v) is 19.0. The maximum absolute atomic E-state index is 13.1. The molecular formula is C22H19F3N6O3S. The molecule has 0 saturated heterocycles. The van der Waals surface area contributed by atoms with Crippen LogP contribution < -0.4 is 20.9 Å². The summed E-state index contributed by atoms with van der Waals surface area (Å²) in [6.45, 7) is 0.121. The number of hydrogen-bond donors (Lipinski definition) is 4. The maximum atomic E-state index is 13.1. The zero-order chi connectivity index (χ0) is 25.2. The van der Waals surface area contributed by atoms with Gasteiger partial charge < -0.3 is 15.6 Å². The average molecular weight is 504 g/mol. The van der Waals surface area contributed by atoms with Gasteiger partial charge in [-0.15, -0.1) is 0 Å². The van der Waals surface area contributed by atoms with Crippen LogP contribution >= 0.6 is 0 Å². The number of rotatable bonds is 7. The monoisotopic (exact) mass is 504 g/mol. The van der Waals surface area contributed by atoms with Gasteiger partial charge in [-0.2, -0.15) is 18.2 Å². The second-order valence-electron chi connectivity index (χ2n) is 7.55. The molecule has 2 heterocycles. The third-order valence-electron chi connectivity index (χ3n) is 4.82. The van der Waals surface area contributed by atoms with Crippen molar-refractivity contribution in [1.29, 1.82) is 0 Å². The molecule has 4 aromatic rings. The Morgan fingerprint density at radius 2 is 1.80 bits per heavy atom. The molecular weight excluding hydrogens is 485 g/mol. The van der Waals surface area contributed by atoms with Gasteiger partial charge in [0.25, 0.3) is 5.56 Å². The summed E-state index contributed by atoms with van der Waals surface area (Å²) in [7, 11) is -3.51. The number of nitrogens with zero attached hydrogens (tertiary/aromatic N) is 2. The molecule has 9 nitrogen and oxygen atoms in total. The van der Waals surface area contributed by atoms with Crippen LogP contribution in [0, 0.1) is 0 Å².